The van der Waals surface area contributed by atoms with Gasteiger partial charge in [0.2, 0.25) is 5.91 Å². The van der Waals surface area contributed by atoms with E-state index in [9.17, 15) is 14.0 Å². The molecule has 33 heavy (non-hydrogen) atoms. The van der Waals surface area contributed by atoms with E-state index in [0.717, 1.165) is 12.0 Å². The van der Waals surface area contributed by atoms with E-state index in [2.05, 4.69) is 12.1 Å². The van der Waals surface area contributed by atoms with Crippen LogP contribution < -0.4 is 4.74 Å². The van der Waals surface area contributed by atoms with Crippen LogP contribution >= 0.6 is 0 Å². The number of ether oxygens (including phenoxy) is 1. The largest absolute Gasteiger partial charge is 0.497 e. The molecule has 5 nitrogen and oxygen atoms in total. The molecule has 6 heteroatoms. The van der Waals surface area contributed by atoms with Gasteiger partial charge in [-0.15, -0.1) is 0 Å². The Kier molecular flexibility index (Phi) is 7.03. The highest BCUT2D eigenvalue weighted by molar-refractivity contribution is 5.97. The quantitative estimate of drug-likeness (QED) is 0.543. The number of carbonyl (C=O) groups excluding carboxylic acids is 2. The van der Waals surface area contributed by atoms with Gasteiger partial charge >= 0.3 is 0 Å². The van der Waals surface area contributed by atoms with Gasteiger partial charge in [-0.2, -0.15) is 0 Å². The molecule has 1 atom stereocenters. The van der Waals surface area contributed by atoms with Crippen molar-refractivity contribution in [3.05, 3.63) is 101 Å². The zero-order valence-electron chi connectivity index (χ0n) is 18.6. The van der Waals surface area contributed by atoms with Crippen molar-refractivity contribution in [2.24, 2.45) is 0 Å². The fraction of sp³-hybridized carbons (Fsp3) is 0.259. The molecule has 0 radical (unpaired) electrons. The lowest BCUT2D eigenvalue weighted by molar-refractivity contribution is -0.139. The molecule has 1 aliphatic rings. The number of benzene rings is 3. The van der Waals surface area contributed by atoms with E-state index in [1.54, 1.807) is 47.2 Å². The first-order valence-corrected chi connectivity index (χ1v) is 11.0. The molecule has 0 bridgehead atoms. The van der Waals surface area contributed by atoms with E-state index < -0.39 is 0 Å². The molecule has 3 aromatic carbocycles. The van der Waals surface area contributed by atoms with Gasteiger partial charge in [0.25, 0.3) is 5.91 Å². The van der Waals surface area contributed by atoms with Gasteiger partial charge in [0.05, 0.1) is 13.2 Å². The number of hydrogen-bond donors (Lipinski definition) is 0. The van der Waals surface area contributed by atoms with Gasteiger partial charge in [0.1, 0.15) is 18.1 Å². The highest BCUT2D eigenvalue weighted by atomic mass is 19.1. The first kappa shape index (κ1) is 22.5. The van der Waals surface area contributed by atoms with Crippen LogP contribution in [0.4, 0.5) is 4.39 Å². The maximum absolute atomic E-state index is 13.7. The predicted molar refractivity (Wildman–Crippen MR) is 124 cm³/mol. The van der Waals surface area contributed by atoms with Crippen molar-refractivity contribution in [3.63, 3.8) is 0 Å². The van der Waals surface area contributed by atoms with Crippen LogP contribution in [-0.2, 0) is 17.8 Å². The molecule has 1 aliphatic heterocycles. The Balaban J connectivity index is 1.53. The average Bonchev–Trinajstić information content (AvgIpc) is 2.84. The summed E-state index contributed by atoms with van der Waals surface area (Å²) in [5, 5.41) is 0. The van der Waals surface area contributed by atoms with Crippen molar-refractivity contribution < 1.29 is 18.7 Å². The highest BCUT2D eigenvalue weighted by Gasteiger charge is 2.34. The zero-order valence-corrected chi connectivity index (χ0v) is 18.6. The third-order valence-electron chi connectivity index (χ3n) is 5.99. The highest BCUT2D eigenvalue weighted by Crippen LogP contribution is 2.22. The van der Waals surface area contributed by atoms with Crippen molar-refractivity contribution in [1.29, 1.82) is 0 Å². The second-order valence-electron chi connectivity index (χ2n) is 8.24. The number of nitrogens with zero attached hydrogens (tertiary/aromatic N) is 2. The number of methoxy groups -OCH3 is 1. The normalized spacial score (nSPS) is 16.1. The number of piperazine rings is 1. The van der Waals surface area contributed by atoms with Gasteiger partial charge in [-0.25, -0.2) is 4.39 Å². The van der Waals surface area contributed by atoms with Crippen molar-refractivity contribution in [1.82, 2.24) is 9.80 Å². The minimum Gasteiger partial charge on any atom is -0.497 e. The summed E-state index contributed by atoms with van der Waals surface area (Å²) in [6, 6.07) is 23.1. The number of halogens is 1. The third kappa shape index (κ3) is 5.58. The van der Waals surface area contributed by atoms with Crippen molar-refractivity contribution >= 4 is 11.8 Å². The van der Waals surface area contributed by atoms with Crippen LogP contribution in [0.25, 0.3) is 0 Å². The smallest absolute Gasteiger partial charge is 0.254 e. The molecule has 170 valence electrons. The first-order chi connectivity index (χ1) is 16.0. The predicted octanol–water partition coefficient (Wildman–Crippen LogP) is 4.32. The fourth-order valence-corrected chi connectivity index (χ4v) is 4.22. The molecule has 4 rings (SSSR count). The molecule has 0 saturated carbocycles. The summed E-state index contributed by atoms with van der Waals surface area (Å²) in [6.07, 6.45) is 1.49. The van der Waals surface area contributed by atoms with Crippen molar-refractivity contribution in [3.8, 4) is 5.75 Å². The van der Waals surface area contributed by atoms with Gasteiger partial charge in [-0.05, 0) is 60.4 Å². The standard InChI is InChI=1S/C27H27FN2O3/c1-33-25-14-11-22(12-15-25)27(32)29-18-24(13-10-20-6-3-2-4-7-20)30(26(31)19-29)17-21-8-5-9-23(28)16-21/h2-9,11-12,14-16,24H,10,13,17-19H2,1H3/t24-/m0/s1. The van der Waals surface area contributed by atoms with Gasteiger partial charge in [-0.1, -0.05) is 42.5 Å². The number of aryl methyl sites for hydroxylation is 1. The van der Waals surface area contributed by atoms with E-state index >= 15 is 0 Å². The zero-order chi connectivity index (χ0) is 23.2. The Hall–Kier alpha value is -3.67. The lowest BCUT2D eigenvalue weighted by atomic mass is 10.00. The van der Waals surface area contributed by atoms with Crippen LogP contribution in [0.5, 0.6) is 5.75 Å². The molecule has 0 aromatic heterocycles. The number of hydrogen-bond acceptors (Lipinski definition) is 3. The topological polar surface area (TPSA) is 49.9 Å². The van der Waals surface area contributed by atoms with Crippen LogP contribution in [0.15, 0.2) is 78.9 Å². The van der Waals surface area contributed by atoms with Gasteiger partial charge in [0, 0.05) is 18.7 Å². The van der Waals surface area contributed by atoms with Crippen LogP contribution in [0.3, 0.4) is 0 Å². The van der Waals surface area contributed by atoms with Crippen molar-refractivity contribution in [2.45, 2.75) is 25.4 Å². The Labute approximate surface area is 193 Å². The van der Waals surface area contributed by atoms with Gasteiger partial charge in [0.15, 0.2) is 0 Å². The molecule has 2 amide bonds. The number of carbonyl (C=O) groups is 2. The fourth-order valence-electron chi connectivity index (χ4n) is 4.22. The number of rotatable bonds is 7. The Morgan fingerprint density at radius 1 is 1.00 bits per heavy atom. The molecular weight excluding hydrogens is 419 g/mol. The monoisotopic (exact) mass is 446 g/mol. The summed E-state index contributed by atoms with van der Waals surface area (Å²) < 4.78 is 18.9. The van der Waals surface area contributed by atoms with Gasteiger partial charge in [-0.3, -0.25) is 9.59 Å². The summed E-state index contributed by atoms with van der Waals surface area (Å²) in [5.41, 5.74) is 2.43. The van der Waals surface area contributed by atoms with E-state index in [-0.39, 0.29) is 30.2 Å². The van der Waals surface area contributed by atoms with Crippen LogP contribution in [0.1, 0.15) is 27.9 Å². The number of amides is 2. The molecule has 0 spiro atoms. The maximum Gasteiger partial charge on any atom is 0.254 e. The Morgan fingerprint density at radius 3 is 2.42 bits per heavy atom. The molecule has 1 fully saturated rings. The lowest BCUT2D eigenvalue weighted by Gasteiger charge is -2.41. The van der Waals surface area contributed by atoms with E-state index in [1.807, 2.05) is 24.3 Å². The lowest BCUT2D eigenvalue weighted by Crippen LogP contribution is -2.57. The summed E-state index contributed by atoms with van der Waals surface area (Å²) in [6.45, 7) is 0.751. The molecule has 1 saturated heterocycles. The van der Waals surface area contributed by atoms with Crippen LogP contribution in [0.2, 0.25) is 0 Å². The van der Waals surface area contributed by atoms with E-state index in [4.69, 9.17) is 4.74 Å². The Bertz CT molecular complexity index is 1100. The third-order valence-corrected chi connectivity index (χ3v) is 5.99. The average molecular weight is 447 g/mol. The molecule has 0 unspecified atom stereocenters. The molecular formula is C27H27FN2O3. The second kappa shape index (κ2) is 10.3. The van der Waals surface area contributed by atoms with Crippen LogP contribution in [0, 0.1) is 5.82 Å². The second-order valence-corrected chi connectivity index (χ2v) is 8.24. The van der Waals surface area contributed by atoms with E-state index in [0.29, 0.717) is 30.8 Å². The molecule has 0 aliphatic carbocycles. The minimum atomic E-state index is -0.325. The molecule has 1 heterocycles. The van der Waals surface area contributed by atoms with Crippen LogP contribution in [-0.4, -0.2) is 47.9 Å². The summed E-state index contributed by atoms with van der Waals surface area (Å²) >= 11 is 0. The van der Waals surface area contributed by atoms with E-state index in [1.165, 1.54) is 17.7 Å². The van der Waals surface area contributed by atoms with Gasteiger partial charge < -0.3 is 14.5 Å². The molecule has 3 aromatic rings. The first-order valence-electron chi connectivity index (χ1n) is 11.0. The van der Waals surface area contributed by atoms with Crippen molar-refractivity contribution in [2.75, 3.05) is 20.2 Å². The summed E-state index contributed by atoms with van der Waals surface area (Å²) in [5.74, 6) is 0.0314. The molecule has 0 N–H and O–H groups in total. The maximum atomic E-state index is 13.7. The minimum absolute atomic E-state index is 0.00200. The SMILES string of the molecule is COc1ccc(C(=O)N2CC(=O)N(Cc3cccc(F)c3)[C@@H](CCc3ccccc3)C2)cc1. The summed E-state index contributed by atoms with van der Waals surface area (Å²) in [4.78, 5) is 29.7. The summed E-state index contributed by atoms with van der Waals surface area (Å²) in [7, 11) is 1.57. The Morgan fingerprint density at radius 2 is 1.73 bits per heavy atom.